The normalized spacial score (nSPS) is 22.3. The number of benzene rings is 1. The summed E-state index contributed by atoms with van der Waals surface area (Å²) < 4.78 is 0. The number of nitrogens with zero attached hydrogens (tertiary/aromatic N) is 2. The van der Waals surface area contributed by atoms with Gasteiger partial charge in [-0.25, -0.2) is 4.98 Å². The fraction of sp³-hybridized carbons (Fsp3) is 0.593. The number of thiazole rings is 1. The lowest BCUT2D eigenvalue weighted by Crippen LogP contribution is -2.58. The fourth-order valence-electron chi connectivity index (χ4n) is 4.95. The van der Waals surface area contributed by atoms with E-state index in [-0.39, 0.29) is 36.2 Å². The van der Waals surface area contributed by atoms with Gasteiger partial charge in [-0.05, 0) is 36.3 Å². The average molecular weight is 499 g/mol. The van der Waals surface area contributed by atoms with Gasteiger partial charge in [-0.15, -0.1) is 11.3 Å². The smallest absolute Gasteiger partial charge is 0.243 e. The Morgan fingerprint density at radius 3 is 2.37 bits per heavy atom. The first kappa shape index (κ1) is 25.8. The molecule has 2 aliphatic rings. The van der Waals surface area contributed by atoms with Crippen LogP contribution in [-0.4, -0.2) is 57.6 Å². The van der Waals surface area contributed by atoms with Crippen molar-refractivity contribution in [2.24, 2.45) is 5.41 Å². The van der Waals surface area contributed by atoms with Gasteiger partial charge in [0.1, 0.15) is 6.04 Å². The molecule has 0 bridgehead atoms. The molecule has 0 radical (unpaired) electrons. The van der Waals surface area contributed by atoms with Crippen LogP contribution in [0.3, 0.4) is 0 Å². The van der Waals surface area contributed by atoms with Crippen LogP contribution in [0.2, 0.25) is 0 Å². The Balaban J connectivity index is 1.50. The Kier molecular flexibility index (Phi) is 7.10. The van der Waals surface area contributed by atoms with Gasteiger partial charge in [0.25, 0.3) is 0 Å². The highest BCUT2D eigenvalue weighted by Crippen LogP contribution is 2.46. The molecular weight excluding hydrogens is 460 g/mol. The van der Waals surface area contributed by atoms with Gasteiger partial charge < -0.3 is 20.6 Å². The van der Waals surface area contributed by atoms with Crippen LogP contribution in [0.5, 0.6) is 0 Å². The Morgan fingerprint density at radius 1 is 1.20 bits per heavy atom. The fourth-order valence-corrected chi connectivity index (χ4v) is 5.76. The number of likely N-dealkylation sites (tertiary alicyclic amines) is 1. The van der Waals surface area contributed by atoms with E-state index in [2.05, 4.69) is 39.9 Å². The van der Waals surface area contributed by atoms with Crippen molar-refractivity contribution in [3.05, 3.63) is 41.0 Å². The zero-order valence-electron chi connectivity index (χ0n) is 21.6. The maximum Gasteiger partial charge on any atom is 0.243 e. The van der Waals surface area contributed by atoms with Gasteiger partial charge in [-0.1, -0.05) is 58.9 Å². The zero-order chi connectivity index (χ0) is 25.5. The Bertz CT molecular complexity index is 1070. The summed E-state index contributed by atoms with van der Waals surface area (Å²) in [4.78, 5) is 34.1. The van der Waals surface area contributed by atoms with Crippen LogP contribution in [-0.2, 0) is 15.1 Å². The number of aromatic nitrogens is 1. The number of carbonyl (C=O) groups excluding carboxylic acids is 2. The van der Waals surface area contributed by atoms with Crippen molar-refractivity contribution in [2.45, 2.75) is 90.6 Å². The molecular formula is C27H38N4O3S. The molecule has 1 unspecified atom stereocenters. The van der Waals surface area contributed by atoms with Gasteiger partial charge in [0, 0.05) is 19.0 Å². The average Bonchev–Trinajstić information content (AvgIpc) is 3.25. The second-order valence-electron chi connectivity index (χ2n) is 11.4. The highest BCUT2D eigenvalue weighted by atomic mass is 32.1. The van der Waals surface area contributed by atoms with Crippen molar-refractivity contribution >= 4 is 23.2 Å². The number of hydrogen-bond donors (Lipinski definition) is 3. The maximum absolute atomic E-state index is 13.6. The molecule has 0 spiro atoms. The quantitative estimate of drug-likeness (QED) is 0.542. The van der Waals surface area contributed by atoms with E-state index < -0.39 is 23.7 Å². The Hall–Kier alpha value is -2.29. The first-order valence-electron chi connectivity index (χ1n) is 12.5. The molecule has 1 aromatic carbocycles. The molecule has 2 heterocycles. The van der Waals surface area contributed by atoms with E-state index in [1.807, 2.05) is 47.1 Å². The summed E-state index contributed by atoms with van der Waals surface area (Å²) in [5.74, 6) is -0.316. The molecule has 1 aliphatic carbocycles. The molecule has 2 aromatic rings. The van der Waals surface area contributed by atoms with Crippen molar-refractivity contribution in [1.82, 2.24) is 20.5 Å². The number of carbonyl (C=O) groups is 2. The van der Waals surface area contributed by atoms with Crippen LogP contribution in [0.15, 0.2) is 29.8 Å². The van der Waals surface area contributed by atoms with Gasteiger partial charge in [-0.2, -0.15) is 0 Å². The number of aliphatic hydroxyl groups excluding tert-OH is 1. The highest BCUT2D eigenvalue weighted by molar-refractivity contribution is 7.13. The highest BCUT2D eigenvalue weighted by Gasteiger charge is 2.50. The van der Waals surface area contributed by atoms with Crippen LogP contribution in [0, 0.1) is 12.3 Å². The van der Waals surface area contributed by atoms with E-state index in [1.54, 1.807) is 16.2 Å². The number of nitrogens with one attached hydrogen (secondary N) is 2. The summed E-state index contributed by atoms with van der Waals surface area (Å²) >= 11 is 1.62. The largest absolute Gasteiger partial charge is 0.391 e. The molecule has 1 saturated carbocycles. The van der Waals surface area contributed by atoms with E-state index >= 15 is 0 Å². The zero-order valence-corrected chi connectivity index (χ0v) is 22.4. The van der Waals surface area contributed by atoms with Crippen molar-refractivity contribution in [2.75, 3.05) is 6.54 Å². The molecule has 3 atom stereocenters. The lowest BCUT2D eigenvalue weighted by molar-refractivity contribution is -0.142. The topological polar surface area (TPSA) is 94.6 Å². The van der Waals surface area contributed by atoms with Gasteiger partial charge in [0.05, 0.1) is 33.8 Å². The molecule has 4 rings (SSSR count). The molecule has 190 valence electrons. The summed E-state index contributed by atoms with van der Waals surface area (Å²) in [5, 5.41) is 17.0. The first-order chi connectivity index (χ1) is 16.4. The predicted octanol–water partition coefficient (Wildman–Crippen LogP) is 3.60. The minimum Gasteiger partial charge on any atom is -0.391 e. The molecule has 2 amide bonds. The Morgan fingerprint density at radius 2 is 1.86 bits per heavy atom. The minimum absolute atomic E-state index is 0.120. The van der Waals surface area contributed by atoms with Crippen LogP contribution >= 0.6 is 11.3 Å². The summed E-state index contributed by atoms with van der Waals surface area (Å²) in [6.45, 7) is 12.3. The number of rotatable bonds is 7. The SMILES string of the molecule is Cc1ncsc1-c1ccc(C2(NC(=O)[C@@H]3C[C@@H](O)CN3C(=O)C(NC(C)C)C(C)(C)C)CC2)cc1. The van der Waals surface area contributed by atoms with E-state index in [0.29, 0.717) is 0 Å². The molecule has 2 fully saturated rings. The van der Waals surface area contributed by atoms with Gasteiger partial charge in [0.15, 0.2) is 0 Å². The van der Waals surface area contributed by atoms with E-state index in [9.17, 15) is 14.7 Å². The molecule has 1 saturated heterocycles. The number of β-amino-alcohol motifs (C(OH)–C–C–N with tert-alkyl or cyclic N) is 1. The van der Waals surface area contributed by atoms with Gasteiger partial charge in [-0.3, -0.25) is 9.59 Å². The molecule has 3 N–H and O–H groups in total. The van der Waals surface area contributed by atoms with Gasteiger partial charge >= 0.3 is 0 Å². The summed E-state index contributed by atoms with van der Waals surface area (Å²) in [7, 11) is 0. The standard InChI is InChI=1S/C27H38N4O3S/c1-16(2)29-23(26(4,5)6)25(34)31-14-20(32)13-21(31)24(33)30-27(11-12-27)19-9-7-18(8-10-19)22-17(3)28-15-35-22/h7-10,15-16,20-21,23,29,32H,11-14H2,1-6H3,(H,30,33)/t20-,21+,23?/m1/s1. The van der Waals surface area contributed by atoms with E-state index in [4.69, 9.17) is 0 Å². The van der Waals surface area contributed by atoms with Crippen LogP contribution in [0.4, 0.5) is 0 Å². The summed E-state index contributed by atoms with van der Waals surface area (Å²) in [6.07, 6.45) is 1.28. The monoisotopic (exact) mass is 498 g/mol. The van der Waals surface area contributed by atoms with Crippen LogP contribution < -0.4 is 10.6 Å². The number of aryl methyl sites for hydroxylation is 1. The third-order valence-electron chi connectivity index (χ3n) is 7.04. The summed E-state index contributed by atoms with van der Waals surface area (Å²) in [5.41, 5.74) is 4.33. The molecule has 7 nitrogen and oxygen atoms in total. The molecule has 8 heteroatoms. The van der Waals surface area contributed by atoms with E-state index in [0.717, 1.165) is 34.5 Å². The van der Waals surface area contributed by atoms with Gasteiger partial charge in [0.2, 0.25) is 11.8 Å². The second kappa shape index (κ2) is 9.64. The second-order valence-corrected chi connectivity index (χ2v) is 12.3. The van der Waals surface area contributed by atoms with Crippen molar-refractivity contribution in [3.8, 4) is 10.4 Å². The number of amides is 2. The number of aliphatic hydroxyl groups is 1. The molecule has 1 aromatic heterocycles. The molecule has 35 heavy (non-hydrogen) atoms. The van der Waals surface area contributed by atoms with Crippen molar-refractivity contribution in [3.63, 3.8) is 0 Å². The van der Waals surface area contributed by atoms with Crippen LogP contribution in [0.1, 0.15) is 65.1 Å². The maximum atomic E-state index is 13.6. The summed E-state index contributed by atoms with van der Waals surface area (Å²) in [6, 6.07) is 7.33. The first-order valence-corrected chi connectivity index (χ1v) is 13.4. The molecule has 1 aliphatic heterocycles. The lowest BCUT2D eigenvalue weighted by Gasteiger charge is -2.37. The van der Waals surface area contributed by atoms with Crippen molar-refractivity contribution < 1.29 is 14.7 Å². The third kappa shape index (κ3) is 5.44. The minimum atomic E-state index is -0.702. The predicted molar refractivity (Wildman–Crippen MR) is 139 cm³/mol. The third-order valence-corrected chi connectivity index (χ3v) is 8.01. The Labute approximate surface area is 212 Å². The van der Waals surface area contributed by atoms with Crippen molar-refractivity contribution in [1.29, 1.82) is 0 Å². The number of hydrogen-bond acceptors (Lipinski definition) is 6. The van der Waals surface area contributed by atoms with E-state index in [1.165, 1.54) is 0 Å². The van der Waals surface area contributed by atoms with Crippen LogP contribution in [0.25, 0.3) is 10.4 Å². The lowest BCUT2D eigenvalue weighted by atomic mass is 9.85.